The summed E-state index contributed by atoms with van der Waals surface area (Å²) in [5, 5.41) is 0.968. The minimum absolute atomic E-state index is 0.255. The smallest absolute Gasteiger partial charge is 0.373 e. The molecule has 0 radical (unpaired) electrons. The van der Waals surface area contributed by atoms with Gasteiger partial charge in [0.25, 0.3) is 0 Å². The number of carbonyl (C=O) groups excluding carboxylic acids is 1. The monoisotopic (exact) mass is 204 g/mol. The molecule has 3 heteroatoms. The number of methoxy groups -OCH3 is 1. The lowest BCUT2D eigenvalue weighted by atomic mass is 10.1. The van der Waals surface area contributed by atoms with Gasteiger partial charge in [0.15, 0.2) is 0 Å². The standard InChI is InChI=1S/C12H12O3/c1-7-4-5-8(2)11-9(7)6-10(15-11)12(13)14-3/h4-6H,1-3H3. The van der Waals surface area contributed by atoms with E-state index in [9.17, 15) is 4.79 Å². The van der Waals surface area contributed by atoms with Crippen molar-refractivity contribution in [3.05, 3.63) is 35.1 Å². The Bertz CT molecular complexity index is 484. The topological polar surface area (TPSA) is 39.4 Å². The molecule has 0 fully saturated rings. The van der Waals surface area contributed by atoms with E-state index < -0.39 is 5.97 Å². The predicted octanol–water partition coefficient (Wildman–Crippen LogP) is 2.84. The molecule has 0 saturated heterocycles. The summed E-state index contributed by atoms with van der Waals surface area (Å²) in [6.07, 6.45) is 0. The van der Waals surface area contributed by atoms with Gasteiger partial charge in [0, 0.05) is 5.39 Å². The summed E-state index contributed by atoms with van der Waals surface area (Å²) >= 11 is 0. The molecule has 0 unspecified atom stereocenters. The molecule has 78 valence electrons. The first-order valence-electron chi connectivity index (χ1n) is 4.71. The first-order chi connectivity index (χ1) is 7.13. The molecule has 15 heavy (non-hydrogen) atoms. The van der Waals surface area contributed by atoms with E-state index >= 15 is 0 Å². The summed E-state index contributed by atoms with van der Waals surface area (Å²) in [5.41, 5.74) is 2.87. The third-order valence-electron chi connectivity index (χ3n) is 2.48. The fraction of sp³-hybridized carbons (Fsp3) is 0.250. The van der Waals surface area contributed by atoms with Crippen molar-refractivity contribution in [2.24, 2.45) is 0 Å². The molecule has 1 aromatic carbocycles. The SMILES string of the molecule is COC(=O)c1cc2c(C)ccc(C)c2o1. The van der Waals surface area contributed by atoms with E-state index in [2.05, 4.69) is 4.74 Å². The Balaban J connectivity index is 2.70. The van der Waals surface area contributed by atoms with Crippen LogP contribution in [0.25, 0.3) is 11.0 Å². The van der Waals surface area contributed by atoms with E-state index in [-0.39, 0.29) is 5.76 Å². The number of furan rings is 1. The number of rotatable bonds is 1. The van der Waals surface area contributed by atoms with Gasteiger partial charge in [-0.2, -0.15) is 0 Å². The molecule has 0 atom stereocenters. The third kappa shape index (κ3) is 1.50. The van der Waals surface area contributed by atoms with Crippen LogP contribution in [0, 0.1) is 13.8 Å². The number of fused-ring (bicyclic) bond motifs is 1. The molecule has 0 bridgehead atoms. The van der Waals surface area contributed by atoms with E-state index in [4.69, 9.17) is 4.42 Å². The summed E-state index contributed by atoms with van der Waals surface area (Å²) in [7, 11) is 1.34. The van der Waals surface area contributed by atoms with E-state index in [0.717, 1.165) is 22.1 Å². The lowest BCUT2D eigenvalue weighted by Crippen LogP contribution is -1.97. The molecular weight excluding hydrogens is 192 g/mol. The predicted molar refractivity (Wildman–Crippen MR) is 57.0 cm³/mol. The fourth-order valence-electron chi connectivity index (χ4n) is 1.59. The van der Waals surface area contributed by atoms with Gasteiger partial charge in [0.05, 0.1) is 7.11 Å². The van der Waals surface area contributed by atoms with Gasteiger partial charge in [-0.1, -0.05) is 12.1 Å². The highest BCUT2D eigenvalue weighted by atomic mass is 16.5. The van der Waals surface area contributed by atoms with Crippen molar-refractivity contribution >= 4 is 16.9 Å². The van der Waals surface area contributed by atoms with Crippen molar-refractivity contribution in [1.82, 2.24) is 0 Å². The molecule has 0 saturated carbocycles. The maximum absolute atomic E-state index is 11.3. The summed E-state index contributed by atoms with van der Waals surface area (Å²) in [5.74, 6) is -0.185. The molecule has 0 N–H and O–H groups in total. The van der Waals surface area contributed by atoms with Crippen LogP contribution in [0.2, 0.25) is 0 Å². The van der Waals surface area contributed by atoms with E-state index in [1.165, 1.54) is 7.11 Å². The van der Waals surface area contributed by atoms with Crippen LogP contribution >= 0.6 is 0 Å². The number of aryl methyl sites for hydroxylation is 2. The van der Waals surface area contributed by atoms with Crippen LogP contribution in [0.1, 0.15) is 21.7 Å². The quantitative estimate of drug-likeness (QED) is 0.670. The summed E-state index contributed by atoms with van der Waals surface area (Å²) < 4.78 is 10.1. The van der Waals surface area contributed by atoms with Crippen LogP contribution in [0.15, 0.2) is 22.6 Å². The Morgan fingerprint density at radius 2 is 1.93 bits per heavy atom. The number of esters is 1. The van der Waals surface area contributed by atoms with Crippen LogP contribution < -0.4 is 0 Å². The maximum Gasteiger partial charge on any atom is 0.373 e. The average Bonchev–Trinajstić information content (AvgIpc) is 2.68. The van der Waals surface area contributed by atoms with Crippen LogP contribution in [0.4, 0.5) is 0 Å². The molecule has 2 aromatic rings. The second kappa shape index (κ2) is 3.42. The first kappa shape index (κ1) is 9.77. The minimum atomic E-state index is -0.440. The zero-order valence-corrected chi connectivity index (χ0v) is 8.96. The zero-order valence-electron chi connectivity index (χ0n) is 8.96. The van der Waals surface area contributed by atoms with Crippen molar-refractivity contribution in [2.75, 3.05) is 7.11 Å². The molecule has 1 heterocycles. The van der Waals surface area contributed by atoms with Gasteiger partial charge >= 0.3 is 5.97 Å². The van der Waals surface area contributed by atoms with E-state index in [0.29, 0.717) is 0 Å². The normalized spacial score (nSPS) is 10.6. The highest BCUT2D eigenvalue weighted by Crippen LogP contribution is 2.26. The van der Waals surface area contributed by atoms with E-state index in [1.807, 2.05) is 26.0 Å². The summed E-state index contributed by atoms with van der Waals surface area (Å²) in [6.45, 7) is 3.94. The van der Waals surface area contributed by atoms with Crippen molar-refractivity contribution in [1.29, 1.82) is 0 Å². The molecule has 0 amide bonds. The van der Waals surface area contributed by atoms with Crippen molar-refractivity contribution in [2.45, 2.75) is 13.8 Å². The fourth-order valence-corrected chi connectivity index (χ4v) is 1.59. The molecular formula is C12H12O3. The Morgan fingerprint density at radius 3 is 2.53 bits per heavy atom. The number of ether oxygens (including phenoxy) is 1. The van der Waals surface area contributed by atoms with Gasteiger partial charge in [0.2, 0.25) is 5.76 Å². The summed E-state index contributed by atoms with van der Waals surface area (Å²) in [4.78, 5) is 11.3. The third-order valence-corrected chi connectivity index (χ3v) is 2.48. The second-order valence-electron chi connectivity index (χ2n) is 3.54. The molecule has 0 spiro atoms. The zero-order chi connectivity index (χ0) is 11.0. The van der Waals surface area contributed by atoms with Gasteiger partial charge < -0.3 is 9.15 Å². The Kier molecular flexibility index (Phi) is 2.23. The van der Waals surface area contributed by atoms with Crippen LogP contribution in [0.3, 0.4) is 0 Å². The van der Waals surface area contributed by atoms with Crippen LogP contribution in [-0.2, 0) is 4.74 Å². The molecule has 1 aromatic heterocycles. The van der Waals surface area contributed by atoms with Crippen molar-refractivity contribution < 1.29 is 13.9 Å². The molecule has 0 aliphatic heterocycles. The number of hydrogen-bond donors (Lipinski definition) is 0. The number of carbonyl (C=O) groups is 1. The highest BCUT2D eigenvalue weighted by Gasteiger charge is 2.14. The lowest BCUT2D eigenvalue weighted by molar-refractivity contribution is 0.0567. The summed E-state index contributed by atoms with van der Waals surface area (Å²) in [6, 6.07) is 5.71. The van der Waals surface area contributed by atoms with Crippen LogP contribution in [-0.4, -0.2) is 13.1 Å². The first-order valence-corrected chi connectivity index (χ1v) is 4.71. The minimum Gasteiger partial charge on any atom is -0.463 e. The van der Waals surface area contributed by atoms with E-state index in [1.54, 1.807) is 6.07 Å². The average molecular weight is 204 g/mol. The lowest BCUT2D eigenvalue weighted by Gasteiger charge is -1.96. The van der Waals surface area contributed by atoms with Crippen molar-refractivity contribution in [3.63, 3.8) is 0 Å². The van der Waals surface area contributed by atoms with Gasteiger partial charge in [-0.25, -0.2) is 4.79 Å². The molecule has 2 rings (SSSR count). The Labute approximate surface area is 87.6 Å². The van der Waals surface area contributed by atoms with Gasteiger partial charge in [-0.3, -0.25) is 0 Å². The Hall–Kier alpha value is -1.77. The largest absolute Gasteiger partial charge is 0.463 e. The molecule has 3 nitrogen and oxygen atoms in total. The van der Waals surface area contributed by atoms with Gasteiger partial charge in [-0.05, 0) is 31.0 Å². The van der Waals surface area contributed by atoms with Gasteiger partial charge in [-0.15, -0.1) is 0 Å². The maximum atomic E-state index is 11.3. The van der Waals surface area contributed by atoms with Crippen LogP contribution in [0.5, 0.6) is 0 Å². The Morgan fingerprint density at radius 1 is 1.27 bits per heavy atom. The molecule has 0 aliphatic rings. The highest BCUT2D eigenvalue weighted by molar-refractivity contribution is 5.94. The number of benzene rings is 1. The van der Waals surface area contributed by atoms with Crippen molar-refractivity contribution in [3.8, 4) is 0 Å². The number of hydrogen-bond acceptors (Lipinski definition) is 3. The second-order valence-corrected chi connectivity index (χ2v) is 3.54. The molecule has 0 aliphatic carbocycles. The van der Waals surface area contributed by atoms with Gasteiger partial charge in [0.1, 0.15) is 5.58 Å².